The van der Waals surface area contributed by atoms with Crippen molar-refractivity contribution in [2.24, 2.45) is 0 Å². The van der Waals surface area contributed by atoms with Crippen molar-refractivity contribution in [3.05, 3.63) is 11.8 Å². The Hall–Kier alpha value is -1.82. The van der Waals surface area contributed by atoms with Gasteiger partial charge in [0, 0.05) is 6.20 Å². The predicted molar refractivity (Wildman–Crippen MR) is 71.8 cm³/mol. The fourth-order valence-corrected chi connectivity index (χ4v) is 2.70. The van der Waals surface area contributed by atoms with E-state index >= 15 is 0 Å². The predicted octanol–water partition coefficient (Wildman–Crippen LogP) is 1.44. The third kappa shape index (κ3) is 2.12. The Bertz CT molecular complexity index is 575. The van der Waals surface area contributed by atoms with Crippen LogP contribution in [-0.4, -0.2) is 42.3 Å². The molecule has 2 aromatic heterocycles. The molecule has 0 unspecified atom stereocenters. The van der Waals surface area contributed by atoms with Gasteiger partial charge in [0.15, 0.2) is 0 Å². The number of nitrogens with one attached hydrogen (secondary N) is 2. The Balaban J connectivity index is 2.10. The van der Waals surface area contributed by atoms with Gasteiger partial charge in [-0.05, 0) is 37.4 Å². The number of piperidine rings is 1. The number of aromatic nitrogens is 3. The number of aromatic amines is 1. The number of methoxy groups -OCH3 is 2. The number of rotatable bonds is 3. The Labute approximate surface area is 111 Å². The average Bonchev–Trinajstić information content (AvgIpc) is 2.91. The molecule has 0 amide bonds. The molecule has 1 saturated heterocycles. The Morgan fingerprint density at radius 2 is 1.95 bits per heavy atom. The van der Waals surface area contributed by atoms with E-state index in [1.165, 1.54) is 5.56 Å². The van der Waals surface area contributed by atoms with E-state index in [4.69, 9.17) is 9.47 Å². The molecular weight excluding hydrogens is 244 g/mol. The zero-order valence-electron chi connectivity index (χ0n) is 11.2. The normalized spacial score (nSPS) is 16.7. The van der Waals surface area contributed by atoms with E-state index in [0.29, 0.717) is 17.8 Å². The molecule has 0 aromatic carbocycles. The number of nitrogens with zero attached hydrogens (tertiary/aromatic N) is 2. The Kier molecular flexibility index (Phi) is 3.25. The highest BCUT2D eigenvalue weighted by Gasteiger charge is 2.22. The second-order valence-corrected chi connectivity index (χ2v) is 4.71. The highest BCUT2D eigenvalue weighted by molar-refractivity contribution is 5.85. The van der Waals surface area contributed by atoms with Crippen molar-refractivity contribution in [1.29, 1.82) is 0 Å². The van der Waals surface area contributed by atoms with Gasteiger partial charge in [0.25, 0.3) is 0 Å². The summed E-state index contributed by atoms with van der Waals surface area (Å²) in [4.78, 5) is 11.8. The van der Waals surface area contributed by atoms with Crippen LogP contribution in [-0.2, 0) is 0 Å². The van der Waals surface area contributed by atoms with Crippen molar-refractivity contribution in [2.45, 2.75) is 18.8 Å². The number of H-pyrrole nitrogens is 1. The lowest BCUT2D eigenvalue weighted by Gasteiger charge is -2.22. The monoisotopic (exact) mass is 262 g/mol. The van der Waals surface area contributed by atoms with Gasteiger partial charge in [0.05, 0.1) is 19.6 Å². The molecular formula is C13H18N4O2. The van der Waals surface area contributed by atoms with Crippen molar-refractivity contribution in [3.63, 3.8) is 0 Å². The standard InChI is InChI=1S/C13H18N4O2/c1-18-12-10-9(8-3-5-14-6-4-8)7-15-11(10)16-13(17-12)19-2/h7-8,14H,3-6H2,1-2H3,(H,15,16,17). The van der Waals surface area contributed by atoms with Crippen LogP contribution in [0.2, 0.25) is 0 Å². The number of ether oxygens (including phenoxy) is 2. The lowest BCUT2D eigenvalue weighted by atomic mass is 9.90. The maximum atomic E-state index is 5.39. The van der Waals surface area contributed by atoms with E-state index in [1.807, 2.05) is 6.20 Å². The van der Waals surface area contributed by atoms with Crippen LogP contribution in [0.5, 0.6) is 11.9 Å². The van der Waals surface area contributed by atoms with Crippen LogP contribution >= 0.6 is 0 Å². The summed E-state index contributed by atoms with van der Waals surface area (Å²) < 4.78 is 10.5. The van der Waals surface area contributed by atoms with Crippen LogP contribution in [0.15, 0.2) is 6.20 Å². The minimum atomic E-state index is 0.322. The summed E-state index contributed by atoms with van der Waals surface area (Å²) >= 11 is 0. The van der Waals surface area contributed by atoms with Gasteiger partial charge in [0.1, 0.15) is 5.65 Å². The molecule has 2 aromatic rings. The molecule has 1 aliphatic heterocycles. The summed E-state index contributed by atoms with van der Waals surface area (Å²) in [6.45, 7) is 2.10. The average molecular weight is 262 g/mol. The molecule has 0 radical (unpaired) electrons. The lowest BCUT2D eigenvalue weighted by molar-refractivity contribution is 0.356. The molecule has 1 aliphatic rings. The zero-order chi connectivity index (χ0) is 13.2. The van der Waals surface area contributed by atoms with Gasteiger partial charge in [0.2, 0.25) is 5.88 Å². The van der Waals surface area contributed by atoms with E-state index in [1.54, 1.807) is 14.2 Å². The van der Waals surface area contributed by atoms with Crippen molar-refractivity contribution in [3.8, 4) is 11.9 Å². The Morgan fingerprint density at radius 3 is 2.63 bits per heavy atom. The summed E-state index contributed by atoms with van der Waals surface area (Å²) in [6, 6.07) is 0.322. The summed E-state index contributed by atoms with van der Waals surface area (Å²) in [5, 5.41) is 4.36. The summed E-state index contributed by atoms with van der Waals surface area (Å²) in [5.74, 6) is 1.11. The third-order valence-corrected chi connectivity index (χ3v) is 3.66. The SMILES string of the molecule is COc1nc(OC)c2c(C3CCNCC3)c[nH]c2n1. The summed E-state index contributed by atoms with van der Waals surface area (Å²) in [5.41, 5.74) is 2.02. The molecule has 102 valence electrons. The van der Waals surface area contributed by atoms with Gasteiger partial charge in [-0.3, -0.25) is 0 Å². The molecule has 1 fully saturated rings. The molecule has 0 bridgehead atoms. The van der Waals surface area contributed by atoms with Crippen molar-refractivity contribution in [2.75, 3.05) is 27.3 Å². The fraction of sp³-hybridized carbons (Fsp3) is 0.538. The third-order valence-electron chi connectivity index (χ3n) is 3.66. The molecule has 2 N–H and O–H groups in total. The highest BCUT2D eigenvalue weighted by atomic mass is 16.5. The number of hydrogen-bond acceptors (Lipinski definition) is 5. The molecule has 6 nitrogen and oxygen atoms in total. The quantitative estimate of drug-likeness (QED) is 0.875. The topological polar surface area (TPSA) is 72.1 Å². The van der Waals surface area contributed by atoms with E-state index in [2.05, 4.69) is 20.3 Å². The zero-order valence-corrected chi connectivity index (χ0v) is 11.2. The molecule has 0 saturated carbocycles. The number of fused-ring (bicyclic) bond motifs is 1. The fourth-order valence-electron chi connectivity index (χ4n) is 2.70. The molecule has 0 atom stereocenters. The first-order valence-electron chi connectivity index (χ1n) is 6.51. The first kappa shape index (κ1) is 12.2. The maximum Gasteiger partial charge on any atom is 0.321 e. The largest absolute Gasteiger partial charge is 0.480 e. The summed E-state index contributed by atoms with van der Waals surface area (Å²) in [7, 11) is 3.18. The first-order chi connectivity index (χ1) is 9.33. The van der Waals surface area contributed by atoms with Crippen LogP contribution in [0.1, 0.15) is 24.3 Å². The van der Waals surface area contributed by atoms with Gasteiger partial charge in [-0.2, -0.15) is 9.97 Å². The van der Waals surface area contributed by atoms with Crippen LogP contribution in [0.4, 0.5) is 0 Å². The minimum Gasteiger partial charge on any atom is -0.480 e. The van der Waals surface area contributed by atoms with Crippen LogP contribution in [0, 0.1) is 0 Å². The summed E-state index contributed by atoms with van der Waals surface area (Å²) in [6.07, 6.45) is 4.28. The molecule has 0 spiro atoms. The van der Waals surface area contributed by atoms with E-state index in [9.17, 15) is 0 Å². The van der Waals surface area contributed by atoms with Gasteiger partial charge >= 0.3 is 6.01 Å². The van der Waals surface area contributed by atoms with Crippen molar-refractivity contribution >= 4 is 11.0 Å². The molecule has 0 aliphatic carbocycles. The minimum absolute atomic E-state index is 0.322. The highest BCUT2D eigenvalue weighted by Crippen LogP contribution is 2.35. The number of hydrogen-bond donors (Lipinski definition) is 2. The van der Waals surface area contributed by atoms with Crippen LogP contribution < -0.4 is 14.8 Å². The molecule has 3 rings (SSSR count). The molecule has 6 heteroatoms. The van der Waals surface area contributed by atoms with Gasteiger partial charge in [-0.1, -0.05) is 0 Å². The van der Waals surface area contributed by atoms with Crippen molar-refractivity contribution < 1.29 is 9.47 Å². The van der Waals surface area contributed by atoms with Gasteiger partial charge in [-0.15, -0.1) is 0 Å². The van der Waals surface area contributed by atoms with E-state index in [-0.39, 0.29) is 0 Å². The molecule has 19 heavy (non-hydrogen) atoms. The Morgan fingerprint density at radius 1 is 1.16 bits per heavy atom. The van der Waals surface area contributed by atoms with Crippen LogP contribution in [0.3, 0.4) is 0 Å². The maximum absolute atomic E-state index is 5.39. The van der Waals surface area contributed by atoms with Gasteiger partial charge in [-0.25, -0.2) is 0 Å². The molecule has 3 heterocycles. The van der Waals surface area contributed by atoms with E-state index in [0.717, 1.165) is 37.0 Å². The second kappa shape index (κ2) is 5.05. The van der Waals surface area contributed by atoms with Crippen molar-refractivity contribution in [1.82, 2.24) is 20.3 Å². The van der Waals surface area contributed by atoms with Crippen LogP contribution in [0.25, 0.3) is 11.0 Å². The van der Waals surface area contributed by atoms with E-state index < -0.39 is 0 Å². The first-order valence-corrected chi connectivity index (χ1v) is 6.51. The smallest absolute Gasteiger partial charge is 0.321 e. The van der Waals surface area contributed by atoms with Gasteiger partial charge < -0.3 is 19.8 Å². The lowest BCUT2D eigenvalue weighted by Crippen LogP contribution is -2.26. The second-order valence-electron chi connectivity index (χ2n) is 4.71.